The maximum Gasteiger partial charge on any atom is 0.392 e. The number of aliphatic imine (C=N–C) groups is 1. The van der Waals surface area contributed by atoms with Crippen molar-refractivity contribution in [3.05, 3.63) is 0 Å². The predicted octanol–water partition coefficient (Wildman–Crippen LogP) is -0.0643. The van der Waals surface area contributed by atoms with E-state index in [1.165, 1.54) is 0 Å². The monoisotopic (exact) mass is 129 g/mol. The molecule has 0 saturated heterocycles. The third-order valence-electron chi connectivity index (χ3n) is 0.806. The molecule has 1 rings (SSSR count). The molecule has 0 amide bonds. The van der Waals surface area contributed by atoms with Crippen molar-refractivity contribution in [2.24, 2.45) is 4.99 Å². The van der Waals surface area contributed by atoms with Gasteiger partial charge in [-0.2, -0.15) is 0 Å². The molecule has 0 spiro atoms. The first-order chi connectivity index (χ1) is 4.33. The van der Waals surface area contributed by atoms with Crippen LogP contribution >= 0.6 is 0 Å². The van der Waals surface area contributed by atoms with Gasteiger partial charge in [-0.3, -0.25) is 0 Å². The number of hydrogen-bond acceptors (Lipinski definition) is 4. The fourth-order valence-corrected chi connectivity index (χ4v) is 0.490. The van der Waals surface area contributed by atoms with Crippen LogP contribution in [0.15, 0.2) is 4.99 Å². The van der Waals surface area contributed by atoms with Crippen molar-refractivity contribution in [3.8, 4) is 0 Å². The summed E-state index contributed by atoms with van der Waals surface area (Å²) in [6.45, 7) is 2.37. The Morgan fingerprint density at radius 3 is 3.11 bits per heavy atom. The fourth-order valence-electron chi connectivity index (χ4n) is 0.490. The van der Waals surface area contributed by atoms with E-state index in [4.69, 9.17) is 4.74 Å². The molecule has 0 radical (unpaired) electrons. The molecule has 1 aliphatic rings. The van der Waals surface area contributed by atoms with Gasteiger partial charge in [-0.1, -0.05) is 0 Å². The molecule has 1 heterocycles. The van der Waals surface area contributed by atoms with E-state index in [9.17, 15) is 4.79 Å². The molecule has 0 N–H and O–H groups in total. The molecule has 0 aromatic heterocycles. The number of ether oxygens (including phenoxy) is 2. The van der Waals surface area contributed by atoms with E-state index in [0.717, 1.165) is 0 Å². The van der Waals surface area contributed by atoms with Gasteiger partial charge in [0.15, 0.2) is 0 Å². The number of hydrogen-bond donors (Lipinski definition) is 0. The molecular weight excluding hydrogens is 122 g/mol. The van der Waals surface area contributed by atoms with Gasteiger partial charge in [0.2, 0.25) is 0 Å². The van der Waals surface area contributed by atoms with Crippen LogP contribution < -0.4 is 0 Å². The first-order valence-corrected chi connectivity index (χ1v) is 2.71. The minimum atomic E-state index is -0.349. The summed E-state index contributed by atoms with van der Waals surface area (Å²) in [4.78, 5) is 13.9. The van der Waals surface area contributed by atoms with Crippen LogP contribution in [-0.4, -0.2) is 25.2 Å². The molecule has 0 unspecified atom stereocenters. The lowest BCUT2D eigenvalue weighted by molar-refractivity contribution is -0.133. The highest BCUT2D eigenvalue weighted by Crippen LogP contribution is 1.96. The van der Waals surface area contributed by atoms with E-state index in [0.29, 0.717) is 6.61 Å². The van der Waals surface area contributed by atoms with Gasteiger partial charge in [-0.05, 0) is 6.92 Å². The van der Waals surface area contributed by atoms with Crippen LogP contribution in [-0.2, 0) is 14.3 Å². The predicted molar refractivity (Wildman–Crippen MR) is 30.0 cm³/mol. The largest absolute Gasteiger partial charge is 0.451 e. The van der Waals surface area contributed by atoms with E-state index in [2.05, 4.69) is 9.73 Å². The highest BCUT2D eigenvalue weighted by molar-refractivity contribution is 5.91. The summed E-state index contributed by atoms with van der Waals surface area (Å²) in [5.41, 5.74) is 0. The van der Waals surface area contributed by atoms with E-state index in [-0.39, 0.29) is 18.6 Å². The highest BCUT2D eigenvalue weighted by Gasteiger charge is 2.16. The molecule has 4 heteroatoms. The Morgan fingerprint density at radius 1 is 1.89 bits per heavy atom. The first-order valence-electron chi connectivity index (χ1n) is 2.71. The molecule has 9 heavy (non-hydrogen) atoms. The molecule has 0 aromatic rings. The quantitative estimate of drug-likeness (QED) is 0.466. The van der Waals surface area contributed by atoms with Crippen LogP contribution in [0.4, 0.5) is 0 Å². The molecule has 4 nitrogen and oxygen atoms in total. The standard InChI is InChI=1S/C5H7NO3/c1-2-8-5-6-3-4(7)9-5/h2-3H2,1H3. The molecule has 0 aliphatic carbocycles. The Morgan fingerprint density at radius 2 is 2.67 bits per heavy atom. The lowest BCUT2D eigenvalue weighted by atomic mass is 10.7. The number of cyclic esters (lactones) is 1. The normalized spacial score (nSPS) is 17.0. The Labute approximate surface area is 52.5 Å². The summed E-state index contributed by atoms with van der Waals surface area (Å²) in [7, 11) is 0. The molecule has 0 aromatic carbocycles. The maximum absolute atomic E-state index is 10.3. The third-order valence-corrected chi connectivity index (χ3v) is 0.806. The van der Waals surface area contributed by atoms with E-state index < -0.39 is 0 Å². The molecular formula is C5H7NO3. The van der Waals surface area contributed by atoms with Crippen molar-refractivity contribution in [3.63, 3.8) is 0 Å². The van der Waals surface area contributed by atoms with E-state index in [1.54, 1.807) is 6.92 Å². The zero-order chi connectivity index (χ0) is 6.69. The van der Waals surface area contributed by atoms with Crippen molar-refractivity contribution in [1.29, 1.82) is 0 Å². The maximum atomic E-state index is 10.3. The molecule has 0 saturated carbocycles. The van der Waals surface area contributed by atoms with Gasteiger partial charge in [0, 0.05) is 0 Å². The van der Waals surface area contributed by atoms with Crippen LogP contribution in [0.1, 0.15) is 6.92 Å². The minimum absolute atomic E-state index is 0.0926. The van der Waals surface area contributed by atoms with Gasteiger partial charge in [0.05, 0.1) is 6.61 Å². The van der Waals surface area contributed by atoms with Gasteiger partial charge in [0.25, 0.3) is 0 Å². The SMILES string of the molecule is CCOC1=NCC(=O)O1. The van der Waals surface area contributed by atoms with Crippen LogP contribution in [0.2, 0.25) is 0 Å². The Bertz CT molecular complexity index is 152. The van der Waals surface area contributed by atoms with E-state index in [1.807, 2.05) is 0 Å². The lowest BCUT2D eigenvalue weighted by Gasteiger charge is -1.96. The molecule has 0 fully saturated rings. The zero-order valence-corrected chi connectivity index (χ0v) is 5.09. The Hall–Kier alpha value is -1.06. The smallest absolute Gasteiger partial charge is 0.392 e. The average molecular weight is 129 g/mol. The fraction of sp³-hybridized carbons (Fsp3) is 0.600. The second kappa shape index (κ2) is 2.48. The van der Waals surface area contributed by atoms with E-state index >= 15 is 0 Å². The van der Waals surface area contributed by atoms with Crippen molar-refractivity contribution in [2.75, 3.05) is 13.2 Å². The Kier molecular flexibility index (Phi) is 1.67. The number of carbonyl (C=O) groups excluding carboxylic acids is 1. The number of carbonyl (C=O) groups is 1. The summed E-state index contributed by atoms with van der Waals surface area (Å²) in [5.74, 6) is -0.349. The Balaban J connectivity index is 2.36. The molecule has 1 aliphatic heterocycles. The van der Waals surface area contributed by atoms with Crippen LogP contribution in [0.25, 0.3) is 0 Å². The summed E-state index contributed by atoms with van der Waals surface area (Å²) < 4.78 is 9.27. The topological polar surface area (TPSA) is 47.9 Å². The van der Waals surface area contributed by atoms with Crippen molar-refractivity contribution < 1.29 is 14.3 Å². The summed E-state index contributed by atoms with van der Waals surface area (Å²) in [6, 6.07) is 0. The van der Waals surface area contributed by atoms with Crippen LogP contribution in [0.5, 0.6) is 0 Å². The van der Waals surface area contributed by atoms with Gasteiger partial charge in [-0.25, -0.2) is 9.79 Å². The first kappa shape index (κ1) is 6.07. The van der Waals surface area contributed by atoms with Gasteiger partial charge < -0.3 is 9.47 Å². The van der Waals surface area contributed by atoms with Gasteiger partial charge >= 0.3 is 12.1 Å². The lowest BCUT2D eigenvalue weighted by Crippen LogP contribution is -2.07. The second-order valence-electron chi connectivity index (χ2n) is 1.49. The highest BCUT2D eigenvalue weighted by atomic mass is 16.7. The van der Waals surface area contributed by atoms with Crippen molar-refractivity contribution in [2.45, 2.75) is 6.92 Å². The van der Waals surface area contributed by atoms with Crippen LogP contribution in [0.3, 0.4) is 0 Å². The third kappa shape index (κ3) is 1.42. The molecule has 0 bridgehead atoms. The van der Waals surface area contributed by atoms with Crippen molar-refractivity contribution >= 4 is 12.1 Å². The molecule has 0 atom stereocenters. The average Bonchev–Trinajstić information content (AvgIpc) is 2.17. The summed E-state index contributed by atoms with van der Waals surface area (Å²) >= 11 is 0. The zero-order valence-electron chi connectivity index (χ0n) is 5.09. The summed E-state index contributed by atoms with van der Waals surface area (Å²) in [5, 5.41) is 0. The minimum Gasteiger partial charge on any atom is -0.451 e. The van der Waals surface area contributed by atoms with Gasteiger partial charge in [-0.15, -0.1) is 0 Å². The second-order valence-corrected chi connectivity index (χ2v) is 1.49. The summed E-state index contributed by atoms with van der Waals surface area (Å²) in [6.07, 6.45) is 0.0995. The number of rotatable bonds is 1. The van der Waals surface area contributed by atoms with Crippen molar-refractivity contribution in [1.82, 2.24) is 0 Å². The van der Waals surface area contributed by atoms with Crippen LogP contribution in [0, 0.1) is 0 Å². The molecule has 50 valence electrons. The number of nitrogens with zero attached hydrogens (tertiary/aromatic N) is 1. The number of esters is 1. The van der Waals surface area contributed by atoms with Gasteiger partial charge in [0.1, 0.15) is 6.54 Å².